The van der Waals surface area contributed by atoms with E-state index in [-0.39, 0.29) is 11.5 Å². The molecule has 0 radical (unpaired) electrons. The molecule has 0 amide bonds. The molecule has 1 heterocycles. The van der Waals surface area contributed by atoms with Crippen LogP contribution in [0.25, 0.3) is 0 Å². The summed E-state index contributed by atoms with van der Waals surface area (Å²) < 4.78 is 0. The molecular weight excluding hydrogens is 196 g/mol. The van der Waals surface area contributed by atoms with E-state index in [0.717, 1.165) is 17.2 Å². The largest absolute Gasteiger partial charge is 0.392 e. The van der Waals surface area contributed by atoms with Crippen molar-refractivity contribution in [1.29, 1.82) is 0 Å². The Morgan fingerprint density at radius 1 is 1.64 bits per heavy atom. The first-order valence-electron chi connectivity index (χ1n) is 4.87. The first-order chi connectivity index (χ1) is 6.50. The topological polar surface area (TPSA) is 45.1 Å². The van der Waals surface area contributed by atoms with Gasteiger partial charge in [-0.15, -0.1) is 11.3 Å². The smallest absolute Gasteiger partial charge is 0.183 e. The van der Waals surface area contributed by atoms with Crippen LogP contribution in [0.15, 0.2) is 5.38 Å². The van der Waals surface area contributed by atoms with Gasteiger partial charge in [0.05, 0.1) is 11.8 Å². The summed E-state index contributed by atoms with van der Waals surface area (Å²) in [6, 6.07) is 0.350. The van der Waals surface area contributed by atoms with Crippen molar-refractivity contribution in [1.82, 2.24) is 4.98 Å². The normalized spacial score (nSPS) is 29.7. The number of anilines is 1. The molecule has 2 atom stereocenters. The number of aliphatic hydroxyl groups excluding tert-OH is 1. The predicted molar refractivity (Wildman–Crippen MR) is 58.7 cm³/mol. The van der Waals surface area contributed by atoms with Gasteiger partial charge < -0.3 is 10.4 Å². The van der Waals surface area contributed by atoms with E-state index in [1.165, 1.54) is 0 Å². The van der Waals surface area contributed by atoms with Crippen molar-refractivity contribution in [2.75, 3.05) is 5.32 Å². The standard InChI is InChI=1S/C10H16N2OS/c1-6-5-14-9(11-6)12-7-4-8(13)10(7,2)3/h5,7-8,13H,4H2,1-3H3,(H,11,12). The van der Waals surface area contributed by atoms with Crippen molar-refractivity contribution in [2.45, 2.75) is 39.3 Å². The van der Waals surface area contributed by atoms with Crippen LogP contribution in [0.2, 0.25) is 0 Å². The van der Waals surface area contributed by atoms with E-state index in [0.29, 0.717) is 6.04 Å². The molecule has 1 aromatic rings. The number of aliphatic hydroxyl groups is 1. The maximum Gasteiger partial charge on any atom is 0.183 e. The van der Waals surface area contributed by atoms with E-state index in [1.54, 1.807) is 11.3 Å². The van der Waals surface area contributed by atoms with Gasteiger partial charge in [0.1, 0.15) is 0 Å². The van der Waals surface area contributed by atoms with Gasteiger partial charge >= 0.3 is 0 Å². The summed E-state index contributed by atoms with van der Waals surface area (Å²) >= 11 is 1.63. The van der Waals surface area contributed by atoms with Gasteiger partial charge in [-0.2, -0.15) is 0 Å². The number of thiazole rings is 1. The lowest BCUT2D eigenvalue weighted by atomic mass is 9.65. The van der Waals surface area contributed by atoms with Crippen LogP contribution in [0.4, 0.5) is 5.13 Å². The second-order valence-electron chi connectivity index (χ2n) is 4.56. The third-order valence-electron chi connectivity index (χ3n) is 3.13. The second kappa shape index (κ2) is 3.21. The summed E-state index contributed by atoms with van der Waals surface area (Å²) in [4.78, 5) is 4.35. The van der Waals surface area contributed by atoms with Crippen molar-refractivity contribution < 1.29 is 5.11 Å². The molecule has 78 valence electrons. The zero-order valence-electron chi connectivity index (χ0n) is 8.74. The number of aryl methyl sites for hydroxylation is 1. The van der Waals surface area contributed by atoms with Gasteiger partial charge in [-0.1, -0.05) is 13.8 Å². The van der Waals surface area contributed by atoms with Gasteiger partial charge in [0.25, 0.3) is 0 Å². The molecule has 0 aliphatic heterocycles. The minimum Gasteiger partial charge on any atom is -0.392 e. The number of hydrogen-bond acceptors (Lipinski definition) is 4. The molecule has 3 nitrogen and oxygen atoms in total. The van der Waals surface area contributed by atoms with E-state index in [4.69, 9.17) is 0 Å². The Morgan fingerprint density at radius 2 is 2.36 bits per heavy atom. The quantitative estimate of drug-likeness (QED) is 0.788. The van der Waals surface area contributed by atoms with Crippen LogP contribution in [0.3, 0.4) is 0 Å². The van der Waals surface area contributed by atoms with E-state index in [9.17, 15) is 5.11 Å². The summed E-state index contributed by atoms with van der Waals surface area (Å²) in [6.45, 7) is 6.15. The second-order valence-corrected chi connectivity index (χ2v) is 5.42. The van der Waals surface area contributed by atoms with Crippen molar-refractivity contribution in [3.8, 4) is 0 Å². The molecule has 2 rings (SSSR count). The molecule has 1 aliphatic rings. The fraction of sp³-hybridized carbons (Fsp3) is 0.700. The summed E-state index contributed by atoms with van der Waals surface area (Å²) in [5.41, 5.74) is 1.02. The number of nitrogens with zero attached hydrogens (tertiary/aromatic N) is 1. The Kier molecular flexibility index (Phi) is 2.27. The van der Waals surface area contributed by atoms with Crippen molar-refractivity contribution in [2.24, 2.45) is 5.41 Å². The highest BCUT2D eigenvalue weighted by molar-refractivity contribution is 7.13. The highest BCUT2D eigenvalue weighted by Gasteiger charge is 2.47. The Labute approximate surface area is 88.2 Å². The Bertz CT molecular complexity index is 335. The number of aromatic nitrogens is 1. The molecule has 0 saturated heterocycles. The van der Waals surface area contributed by atoms with Crippen LogP contribution in [-0.4, -0.2) is 22.2 Å². The van der Waals surface area contributed by atoms with Crippen LogP contribution >= 0.6 is 11.3 Å². The average Bonchev–Trinajstić information content (AvgIpc) is 2.51. The van der Waals surface area contributed by atoms with Crippen LogP contribution in [0.5, 0.6) is 0 Å². The fourth-order valence-corrected chi connectivity index (χ4v) is 2.46. The minimum atomic E-state index is -0.180. The third kappa shape index (κ3) is 1.53. The highest BCUT2D eigenvalue weighted by Crippen LogP contribution is 2.42. The molecule has 2 N–H and O–H groups in total. The molecular formula is C10H16N2OS. The van der Waals surface area contributed by atoms with E-state index >= 15 is 0 Å². The molecule has 1 aromatic heterocycles. The van der Waals surface area contributed by atoms with Crippen molar-refractivity contribution in [3.05, 3.63) is 11.1 Å². The Balaban J connectivity index is 2.00. The molecule has 0 spiro atoms. The first-order valence-corrected chi connectivity index (χ1v) is 5.75. The van der Waals surface area contributed by atoms with Gasteiger partial charge in [-0.25, -0.2) is 4.98 Å². The van der Waals surface area contributed by atoms with Gasteiger partial charge in [-0.3, -0.25) is 0 Å². The third-order valence-corrected chi connectivity index (χ3v) is 4.02. The predicted octanol–water partition coefficient (Wildman–Crippen LogP) is 2.02. The monoisotopic (exact) mass is 212 g/mol. The van der Waals surface area contributed by atoms with E-state index in [1.807, 2.05) is 12.3 Å². The lowest BCUT2D eigenvalue weighted by molar-refractivity contribution is -0.0510. The maximum absolute atomic E-state index is 9.57. The molecule has 2 unspecified atom stereocenters. The zero-order chi connectivity index (χ0) is 10.3. The van der Waals surface area contributed by atoms with Crippen molar-refractivity contribution in [3.63, 3.8) is 0 Å². The summed E-state index contributed by atoms with van der Waals surface area (Å²) in [7, 11) is 0. The van der Waals surface area contributed by atoms with Crippen LogP contribution < -0.4 is 5.32 Å². The van der Waals surface area contributed by atoms with Gasteiger partial charge in [0.2, 0.25) is 0 Å². The number of nitrogens with one attached hydrogen (secondary N) is 1. The zero-order valence-corrected chi connectivity index (χ0v) is 9.56. The number of hydrogen-bond donors (Lipinski definition) is 2. The summed E-state index contributed by atoms with van der Waals surface area (Å²) in [5, 5.41) is 15.9. The molecule has 4 heteroatoms. The molecule has 0 bridgehead atoms. The van der Waals surface area contributed by atoms with Crippen LogP contribution in [0, 0.1) is 12.3 Å². The van der Waals surface area contributed by atoms with Crippen LogP contribution in [0.1, 0.15) is 26.0 Å². The molecule has 1 saturated carbocycles. The molecule has 0 aromatic carbocycles. The van der Waals surface area contributed by atoms with Gasteiger partial charge in [-0.05, 0) is 13.3 Å². The Hall–Kier alpha value is -0.610. The summed E-state index contributed by atoms with van der Waals surface area (Å²) in [5.74, 6) is 0. The first kappa shape index (κ1) is 9.93. The lowest BCUT2D eigenvalue weighted by Crippen LogP contribution is -2.56. The molecule has 1 aliphatic carbocycles. The lowest BCUT2D eigenvalue weighted by Gasteiger charge is -2.49. The minimum absolute atomic E-state index is 0.0282. The summed E-state index contributed by atoms with van der Waals surface area (Å²) in [6.07, 6.45) is 0.645. The highest BCUT2D eigenvalue weighted by atomic mass is 32.1. The molecule has 1 fully saturated rings. The van der Waals surface area contributed by atoms with Crippen molar-refractivity contribution >= 4 is 16.5 Å². The molecule has 14 heavy (non-hydrogen) atoms. The average molecular weight is 212 g/mol. The van der Waals surface area contributed by atoms with E-state index < -0.39 is 0 Å². The van der Waals surface area contributed by atoms with E-state index in [2.05, 4.69) is 24.1 Å². The Morgan fingerprint density at radius 3 is 2.79 bits per heavy atom. The SMILES string of the molecule is Cc1csc(NC2CC(O)C2(C)C)n1. The van der Waals surface area contributed by atoms with Gasteiger partial charge in [0, 0.05) is 16.8 Å². The van der Waals surface area contributed by atoms with Crippen LogP contribution in [-0.2, 0) is 0 Å². The van der Waals surface area contributed by atoms with Gasteiger partial charge in [0.15, 0.2) is 5.13 Å². The number of rotatable bonds is 2. The fourth-order valence-electron chi connectivity index (χ4n) is 1.72. The maximum atomic E-state index is 9.57.